The van der Waals surface area contributed by atoms with E-state index in [-0.39, 0.29) is 0 Å². The van der Waals surface area contributed by atoms with E-state index in [1.807, 2.05) is 0 Å². The van der Waals surface area contributed by atoms with E-state index in [0.717, 1.165) is 6.54 Å². The lowest BCUT2D eigenvalue weighted by Gasteiger charge is -2.27. The third kappa shape index (κ3) is 4.07. The molecular weight excluding hydrogens is 148 g/mol. The van der Waals surface area contributed by atoms with Gasteiger partial charge in [0, 0.05) is 18.6 Å². The molecule has 0 aromatic carbocycles. The van der Waals surface area contributed by atoms with Crippen LogP contribution in [0.3, 0.4) is 0 Å². The molecule has 0 aliphatic rings. The van der Waals surface area contributed by atoms with E-state index in [1.165, 1.54) is 6.42 Å². The second-order valence-corrected chi connectivity index (χ2v) is 4.08. The van der Waals surface area contributed by atoms with Gasteiger partial charge in [-0.05, 0) is 26.8 Å². The molecule has 0 aliphatic carbocycles. The summed E-state index contributed by atoms with van der Waals surface area (Å²) < 4.78 is 0. The summed E-state index contributed by atoms with van der Waals surface area (Å²) in [5.74, 6) is 0.631. The Morgan fingerprint density at radius 3 is 2.08 bits per heavy atom. The molecule has 0 fully saturated rings. The van der Waals surface area contributed by atoms with Crippen molar-refractivity contribution in [3.63, 3.8) is 0 Å². The standard InChI is InChI=1S/C10H24N2/c1-6-9(4)10(11)7-12(5)8(2)3/h8-10H,6-7,11H2,1-5H3. The number of hydrogen-bond donors (Lipinski definition) is 1. The monoisotopic (exact) mass is 172 g/mol. The first-order chi connectivity index (χ1) is 5.49. The van der Waals surface area contributed by atoms with Crippen molar-refractivity contribution in [2.45, 2.75) is 46.2 Å². The van der Waals surface area contributed by atoms with Crippen molar-refractivity contribution in [3.05, 3.63) is 0 Å². The zero-order valence-electron chi connectivity index (χ0n) is 9.17. The maximum absolute atomic E-state index is 6.02. The van der Waals surface area contributed by atoms with Gasteiger partial charge in [-0.25, -0.2) is 0 Å². The normalized spacial score (nSPS) is 17.0. The van der Waals surface area contributed by atoms with Crippen LogP contribution in [0.1, 0.15) is 34.1 Å². The van der Waals surface area contributed by atoms with Crippen LogP contribution < -0.4 is 5.73 Å². The van der Waals surface area contributed by atoms with Crippen LogP contribution in [0.2, 0.25) is 0 Å². The van der Waals surface area contributed by atoms with Gasteiger partial charge < -0.3 is 10.6 Å². The van der Waals surface area contributed by atoms with Crippen molar-refractivity contribution >= 4 is 0 Å². The first-order valence-electron chi connectivity index (χ1n) is 4.94. The van der Waals surface area contributed by atoms with Gasteiger partial charge in [0.15, 0.2) is 0 Å². The molecule has 2 atom stereocenters. The first-order valence-corrected chi connectivity index (χ1v) is 4.94. The van der Waals surface area contributed by atoms with E-state index < -0.39 is 0 Å². The highest BCUT2D eigenvalue weighted by Gasteiger charge is 2.14. The van der Waals surface area contributed by atoms with E-state index in [2.05, 4.69) is 39.6 Å². The van der Waals surface area contributed by atoms with Gasteiger partial charge in [-0.2, -0.15) is 0 Å². The van der Waals surface area contributed by atoms with Gasteiger partial charge >= 0.3 is 0 Å². The highest BCUT2D eigenvalue weighted by atomic mass is 15.1. The van der Waals surface area contributed by atoms with Gasteiger partial charge in [-0.15, -0.1) is 0 Å². The van der Waals surface area contributed by atoms with Crippen LogP contribution in [0.5, 0.6) is 0 Å². The quantitative estimate of drug-likeness (QED) is 0.684. The van der Waals surface area contributed by atoms with Crippen LogP contribution in [0.4, 0.5) is 0 Å². The Morgan fingerprint density at radius 1 is 1.25 bits per heavy atom. The van der Waals surface area contributed by atoms with Gasteiger partial charge in [0.05, 0.1) is 0 Å². The maximum Gasteiger partial charge on any atom is 0.0193 e. The van der Waals surface area contributed by atoms with Crippen molar-refractivity contribution in [3.8, 4) is 0 Å². The summed E-state index contributed by atoms with van der Waals surface area (Å²) >= 11 is 0. The van der Waals surface area contributed by atoms with E-state index in [9.17, 15) is 0 Å². The maximum atomic E-state index is 6.02. The Labute approximate surface area is 77.1 Å². The molecule has 74 valence electrons. The molecule has 0 saturated heterocycles. The summed E-state index contributed by atoms with van der Waals surface area (Å²) in [7, 11) is 2.13. The fourth-order valence-corrected chi connectivity index (χ4v) is 1.03. The van der Waals surface area contributed by atoms with Crippen molar-refractivity contribution < 1.29 is 0 Å². The topological polar surface area (TPSA) is 29.3 Å². The molecule has 0 bridgehead atoms. The van der Waals surface area contributed by atoms with Gasteiger partial charge in [0.1, 0.15) is 0 Å². The molecule has 0 radical (unpaired) electrons. The molecular formula is C10H24N2. The van der Waals surface area contributed by atoms with Gasteiger partial charge in [0.2, 0.25) is 0 Å². The molecule has 0 rings (SSSR count). The summed E-state index contributed by atoms with van der Waals surface area (Å²) in [5.41, 5.74) is 6.02. The van der Waals surface area contributed by atoms with E-state index in [4.69, 9.17) is 5.73 Å². The Hall–Kier alpha value is -0.0800. The minimum Gasteiger partial charge on any atom is -0.326 e. The van der Waals surface area contributed by atoms with Crippen molar-refractivity contribution in [2.75, 3.05) is 13.6 Å². The molecule has 0 aromatic rings. The predicted octanol–water partition coefficient (Wildman–Crippen LogP) is 1.70. The SMILES string of the molecule is CCC(C)C(N)CN(C)C(C)C. The molecule has 12 heavy (non-hydrogen) atoms. The minimum atomic E-state index is 0.322. The Morgan fingerprint density at radius 2 is 1.75 bits per heavy atom. The molecule has 0 spiro atoms. The van der Waals surface area contributed by atoms with Crippen LogP contribution in [-0.4, -0.2) is 30.6 Å². The molecule has 2 nitrogen and oxygen atoms in total. The van der Waals surface area contributed by atoms with Crippen LogP contribution >= 0.6 is 0 Å². The van der Waals surface area contributed by atoms with Crippen LogP contribution in [-0.2, 0) is 0 Å². The fourth-order valence-electron chi connectivity index (χ4n) is 1.03. The third-order valence-corrected chi connectivity index (χ3v) is 2.76. The molecule has 0 aromatic heterocycles. The smallest absolute Gasteiger partial charge is 0.0193 e. The molecule has 2 unspecified atom stereocenters. The molecule has 2 N–H and O–H groups in total. The molecule has 0 saturated carbocycles. The fraction of sp³-hybridized carbons (Fsp3) is 1.00. The van der Waals surface area contributed by atoms with E-state index in [0.29, 0.717) is 18.0 Å². The number of nitrogens with two attached hydrogens (primary N) is 1. The van der Waals surface area contributed by atoms with Gasteiger partial charge in [-0.3, -0.25) is 0 Å². The Bertz CT molecular complexity index is 112. The lowest BCUT2D eigenvalue weighted by atomic mass is 9.99. The minimum absolute atomic E-state index is 0.322. The van der Waals surface area contributed by atoms with Gasteiger partial charge in [0.25, 0.3) is 0 Å². The van der Waals surface area contributed by atoms with Crippen molar-refractivity contribution in [1.82, 2.24) is 4.90 Å². The molecule has 0 aliphatic heterocycles. The van der Waals surface area contributed by atoms with E-state index in [1.54, 1.807) is 0 Å². The number of hydrogen-bond acceptors (Lipinski definition) is 2. The average molecular weight is 172 g/mol. The van der Waals surface area contributed by atoms with Gasteiger partial charge in [-0.1, -0.05) is 20.3 Å². The van der Waals surface area contributed by atoms with Crippen LogP contribution in [0, 0.1) is 5.92 Å². The second-order valence-electron chi connectivity index (χ2n) is 4.08. The summed E-state index contributed by atoms with van der Waals surface area (Å²) in [6.45, 7) is 9.82. The summed E-state index contributed by atoms with van der Waals surface area (Å²) in [6.07, 6.45) is 1.17. The summed E-state index contributed by atoms with van der Waals surface area (Å²) in [4.78, 5) is 2.30. The lowest BCUT2D eigenvalue weighted by Crippen LogP contribution is -2.42. The largest absolute Gasteiger partial charge is 0.326 e. The van der Waals surface area contributed by atoms with Crippen LogP contribution in [0.25, 0.3) is 0 Å². The predicted molar refractivity (Wildman–Crippen MR) is 55.2 cm³/mol. The van der Waals surface area contributed by atoms with Crippen molar-refractivity contribution in [1.29, 1.82) is 0 Å². The summed E-state index contributed by atoms with van der Waals surface area (Å²) in [6, 6.07) is 0.919. The first kappa shape index (κ1) is 11.9. The molecule has 2 heteroatoms. The average Bonchev–Trinajstić information content (AvgIpc) is 2.02. The summed E-state index contributed by atoms with van der Waals surface area (Å²) in [5, 5.41) is 0. The third-order valence-electron chi connectivity index (χ3n) is 2.76. The zero-order chi connectivity index (χ0) is 9.72. The molecule has 0 heterocycles. The molecule has 0 amide bonds. The van der Waals surface area contributed by atoms with Crippen molar-refractivity contribution in [2.24, 2.45) is 11.7 Å². The zero-order valence-corrected chi connectivity index (χ0v) is 9.17. The number of nitrogens with zero attached hydrogens (tertiary/aromatic N) is 1. The highest BCUT2D eigenvalue weighted by molar-refractivity contribution is 4.72. The Balaban J connectivity index is 3.75. The van der Waals surface area contributed by atoms with E-state index >= 15 is 0 Å². The number of rotatable bonds is 5. The Kier molecular flexibility index (Phi) is 5.51. The number of likely N-dealkylation sites (N-methyl/N-ethyl adjacent to an activating group) is 1. The lowest BCUT2D eigenvalue weighted by molar-refractivity contribution is 0.231. The highest BCUT2D eigenvalue weighted by Crippen LogP contribution is 2.07. The van der Waals surface area contributed by atoms with Crippen LogP contribution in [0.15, 0.2) is 0 Å². The second kappa shape index (κ2) is 5.55.